The summed E-state index contributed by atoms with van der Waals surface area (Å²) in [6.07, 6.45) is 0.643. The van der Waals surface area contributed by atoms with Crippen molar-refractivity contribution in [3.8, 4) is 0 Å². The fraction of sp³-hybridized carbons (Fsp3) is 0.176. The Morgan fingerprint density at radius 2 is 1.76 bits per heavy atom. The normalized spacial score (nSPS) is 18.6. The zero-order valence-electron chi connectivity index (χ0n) is 11.7. The van der Waals surface area contributed by atoms with Crippen LogP contribution in [-0.2, 0) is 4.79 Å². The van der Waals surface area contributed by atoms with E-state index in [0.717, 1.165) is 17.0 Å². The molecule has 2 aromatic rings. The highest BCUT2D eigenvalue weighted by atomic mass is 35.5. The first-order chi connectivity index (χ1) is 10.1. The summed E-state index contributed by atoms with van der Waals surface area (Å²) in [6.45, 7) is 1.93. The second-order valence-corrected chi connectivity index (χ2v) is 5.58. The Bertz CT molecular complexity index is 680. The minimum absolute atomic E-state index is 0.0268. The van der Waals surface area contributed by atoms with Gasteiger partial charge in [0.25, 0.3) is 5.91 Å². The lowest BCUT2D eigenvalue weighted by molar-refractivity contribution is -0.122. The van der Waals surface area contributed by atoms with Crippen molar-refractivity contribution in [3.05, 3.63) is 65.2 Å². The quantitative estimate of drug-likeness (QED) is 0.821. The number of hydrogen-bond donors (Lipinski definition) is 0. The number of rotatable bonds is 2. The number of halogens is 1. The van der Waals surface area contributed by atoms with Gasteiger partial charge >= 0.3 is 0 Å². The van der Waals surface area contributed by atoms with Crippen LogP contribution in [0, 0.1) is 5.92 Å². The molecule has 2 aromatic carbocycles. The van der Waals surface area contributed by atoms with Crippen molar-refractivity contribution in [2.45, 2.75) is 13.3 Å². The Balaban J connectivity index is 2.01. The van der Waals surface area contributed by atoms with E-state index in [0.29, 0.717) is 11.4 Å². The number of benzene rings is 2. The molecule has 106 valence electrons. The van der Waals surface area contributed by atoms with Gasteiger partial charge in [0.15, 0.2) is 0 Å². The van der Waals surface area contributed by atoms with E-state index < -0.39 is 0 Å². The van der Waals surface area contributed by atoms with Crippen LogP contribution in [0.5, 0.6) is 0 Å². The molecule has 0 saturated heterocycles. The van der Waals surface area contributed by atoms with Crippen LogP contribution in [0.2, 0.25) is 5.02 Å². The van der Waals surface area contributed by atoms with Gasteiger partial charge in [-0.05, 0) is 29.8 Å². The van der Waals surface area contributed by atoms with Gasteiger partial charge in [-0.25, -0.2) is 5.01 Å². The molecule has 3 nitrogen and oxygen atoms in total. The van der Waals surface area contributed by atoms with Crippen molar-refractivity contribution in [1.82, 2.24) is 0 Å². The van der Waals surface area contributed by atoms with Crippen LogP contribution in [0.3, 0.4) is 0 Å². The Morgan fingerprint density at radius 3 is 2.43 bits per heavy atom. The second-order valence-electron chi connectivity index (χ2n) is 5.14. The number of hydrogen-bond acceptors (Lipinski definition) is 2. The van der Waals surface area contributed by atoms with Crippen LogP contribution in [0.25, 0.3) is 0 Å². The number of amides is 1. The molecule has 1 aliphatic heterocycles. The smallest absolute Gasteiger partial charge is 0.250 e. The van der Waals surface area contributed by atoms with Crippen molar-refractivity contribution < 1.29 is 4.79 Å². The maximum atomic E-state index is 12.4. The maximum absolute atomic E-state index is 12.4. The molecule has 0 aliphatic carbocycles. The molecule has 1 aliphatic rings. The molecular formula is C17H15ClN2O. The summed E-state index contributed by atoms with van der Waals surface area (Å²) < 4.78 is 0. The Kier molecular flexibility index (Phi) is 3.76. The summed E-state index contributed by atoms with van der Waals surface area (Å²) >= 11 is 5.92. The predicted molar refractivity (Wildman–Crippen MR) is 85.7 cm³/mol. The number of carbonyl (C=O) groups is 1. The van der Waals surface area contributed by atoms with E-state index >= 15 is 0 Å². The number of carbonyl (C=O) groups excluding carboxylic acids is 1. The minimum Gasteiger partial charge on any atom is -0.272 e. The van der Waals surface area contributed by atoms with E-state index in [-0.39, 0.29) is 11.8 Å². The average molecular weight is 299 g/mol. The molecule has 0 radical (unpaired) electrons. The van der Waals surface area contributed by atoms with E-state index in [1.54, 1.807) is 0 Å². The molecule has 0 fully saturated rings. The van der Waals surface area contributed by atoms with Gasteiger partial charge in [-0.3, -0.25) is 4.79 Å². The average Bonchev–Trinajstić information content (AvgIpc) is 2.51. The van der Waals surface area contributed by atoms with E-state index in [1.807, 2.05) is 61.5 Å². The van der Waals surface area contributed by atoms with Crippen LogP contribution < -0.4 is 5.01 Å². The molecule has 4 heteroatoms. The molecule has 0 N–H and O–H groups in total. The van der Waals surface area contributed by atoms with Crippen LogP contribution in [-0.4, -0.2) is 11.6 Å². The maximum Gasteiger partial charge on any atom is 0.250 e. The van der Waals surface area contributed by atoms with Gasteiger partial charge in [0.2, 0.25) is 0 Å². The third-order valence-electron chi connectivity index (χ3n) is 3.53. The molecule has 0 aromatic heterocycles. The van der Waals surface area contributed by atoms with Gasteiger partial charge < -0.3 is 0 Å². The van der Waals surface area contributed by atoms with E-state index in [4.69, 9.17) is 11.6 Å². The minimum atomic E-state index is -0.0895. The summed E-state index contributed by atoms with van der Waals surface area (Å²) in [5.41, 5.74) is 2.70. The van der Waals surface area contributed by atoms with Gasteiger partial charge in [0.1, 0.15) is 0 Å². The van der Waals surface area contributed by atoms with Crippen molar-refractivity contribution in [2.75, 3.05) is 5.01 Å². The third kappa shape index (κ3) is 2.83. The monoisotopic (exact) mass is 298 g/mol. The summed E-state index contributed by atoms with van der Waals surface area (Å²) in [6, 6.07) is 17.1. The number of hydrazone groups is 1. The Morgan fingerprint density at radius 1 is 1.10 bits per heavy atom. The highest BCUT2D eigenvalue weighted by molar-refractivity contribution is 6.30. The summed E-state index contributed by atoms with van der Waals surface area (Å²) in [7, 11) is 0. The summed E-state index contributed by atoms with van der Waals surface area (Å²) in [5.74, 6) is -0.0627. The van der Waals surface area contributed by atoms with Crippen LogP contribution in [0.15, 0.2) is 59.7 Å². The molecule has 0 spiro atoms. The van der Waals surface area contributed by atoms with Crippen LogP contribution in [0.4, 0.5) is 5.69 Å². The first-order valence-electron chi connectivity index (χ1n) is 6.87. The lowest BCUT2D eigenvalue weighted by atomic mass is 9.96. The molecule has 0 bridgehead atoms. The molecule has 1 unspecified atom stereocenters. The molecule has 1 amide bonds. The van der Waals surface area contributed by atoms with Crippen LogP contribution in [0.1, 0.15) is 18.9 Å². The molecular weight excluding hydrogens is 284 g/mol. The van der Waals surface area contributed by atoms with E-state index in [9.17, 15) is 4.79 Å². The SMILES string of the molecule is CC1CC(c2ccc(Cl)cc2)=NN(c2ccccc2)C1=O. The number of para-hydroxylation sites is 1. The first-order valence-corrected chi connectivity index (χ1v) is 7.25. The van der Waals surface area contributed by atoms with Gasteiger partial charge in [-0.1, -0.05) is 48.9 Å². The zero-order chi connectivity index (χ0) is 14.8. The molecule has 21 heavy (non-hydrogen) atoms. The first kappa shape index (κ1) is 13.8. The van der Waals surface area contributed by atoms with Crippen molar-refractivity contribution in [3.63, 3.8) is 0 Å². The second kappa shape index (κ2) is 5.70. The van der Waals surface area contributed by atoms with Gasteiger partial charge in [0, 0.05) is 17.4 Å². The topological polar surface area (TPSA) is 32.7 Å². The van der Waals surface area contributed by atoms with Crippen molar-refractivity contribution in [1.29, 1.82) is 0 Å². The third-order valence-corrected chi connectivity index (χ3v) is 3.78. The standard InChI is InChI=1S/C17H15ClN2O/c1-12-11-16(13-7-9-14(18)10-8-13)19-20(17(12)21)15-5-3-2-4-6-15/h2-10,12H,11H2,1H3. The predicted octanol–water partition coefficient (Wildman–Crippen LogP) is 4.12. The fourth-order valence-electron chi connectivity index (χ4n) is 2.37. The molecule has 1 heterocycles. The number of nitrogens with zero attached hydrogens (tertiary/aromatic N) is 2. The highest BCUT2D eigenvalue weighted by Gasteiger charge is 2.28. The lowest BCUT2D eigenvalue weighted by Gasteiger charge is -2.27. The van der Waals surface area contributed by atoms with Crippen molar-refractivity contribution >= 4 is 28.9 Å². The van der Waals surface area contributed by atoms with E-state index in [1.165, 1.54) is 5.01 Å². The Hall–Kier alpha value is -2.13. The van der Waals surface area contributed by atoms with Gasteiger partial charge in [-0.2, -0.15) is 5.10 Å². The van der Waals surface area contributed by atoms with E-state index in [2.05, 4.69) is 5.10 Å². The fourth-order valence-corrected chi connectivity index (χ4v) is 2.49. The van der Waals surface area contributed by atoms with Gasteiger partial charge in [0.05, 0.1) is 11.4 Å². The Labute approximate surface area is 128 Å². The van der Waals surface area contributed by atoms with Crippen molar-refractivity contribution in [2.24, 2.45) is 11.0 Å². The number of anilines is 1. The zero-order valence-corrected chi connectivity index (χ0v) is 12.4. The largest absolute Gasteiger partial charge is 0.272 e. The molecule has 1 atom stereocenters. The van der Waals surface area contributed by atoms with Gasteiger partial charge in [-0.15, -0.1) is 0 Å². The summed E-state index contributed by atoms with van der Waals surface area (Å²) in [5, 5.41) is 6.73. The summed E-state index contributed by atoms with van der Waals surface area (Å²) in [4.78, 5) is 12.4. The lowest BCUT2D eigenvalue weighted by Crippen LogP contribution is -2.37. The van der Waals surface area contributed by atoms with Crippen LogP contribution >= 0.6 is 11.6 Å². The highest BCUT2D eigenvalue weighted by Crippen LogP contribution is 2.25. The molecule has 0 saturated carbocycles. The molecule has 3 rings (SSSR count).